The van der Waals surface area contributed by atoms with Crippen LogP contribution in [0, 0.1) is 0 Å². The van der Waals surface area contributed by atoms with E-state index in [4.69, 9.17) is 11.5 Å². The van der Waals surface area contributed by atoms with Gasteiger partial charge in [0.15, 0.2) is 0 Å². The normalized spacial score (nSPS) is 11.6. The molecule has 0 fully saturated rings. The van der Waals surface area contributed by atoms with Crippen molar-refractivity contribution in [2.45, 2.75) is 19.2 Å². The largest absolute Gasteiger partial charge is 0.573 e. The number of hydrogen-bond donors (Lipinski definition) is 2. The maximum Gasteiger partial charge on any atom is 0.573 e. The highest BCUT2D eigenvalue weighted by molar-refractivity contribution is 5.36. The summed E-state index contributed by atoms with van der Waals surface area (Å²) in [6.45, 7) is 0.810. The molecule has 0 saturated heterocycles. The number of rotatable bonds is 5. The summed E-state index contributed by atoms with van der Waals surface area (Å²) in [5.41, 5.74) is 12.5. The van der Waals surface area contributed by atoms with Crippen LogP contribution in [0.25, 0.3) is 0 Å². The number of hydrogen-bond acceptors (Lipinski definition) is 3. The average molecular weight is 248 g/mol. The lowest BCUT2D eigenvalue weighted by molar-refractivity contribution is -0.274. The molecule has 0 aliphatic heterocycles. The minimum absolute atomic E-state index is 0.221. The molecule has 0 heterocycles. The van der Waals surface area contributed by atoms with Crippen LogP contribution in [0.4, 0.5) is 13.2 Å². The van der Waals surface area contributed by atoms with Gasteiger partial charge in [-0.05, 0) is 49.2 Å². The Balaban J connectivity index is 2.92. The van der Waals surface area contributed by atoms with Gasteiger partial charge >= 0.3 is 6.36 Å². The highest BCUT2D eigenvalue weighted by Crippen LogP contribution is 2.25. The first-order chi connectivity index (χ1) is 7.96. The topological polar surface area (TPSA) is 61.3 Å². The van der Waals surface area contributed by atoms with E-state index in [-0.39, 0.29) is 5.75 Å². The predicted molar refractivity (Wildman–Crippen MR) is 58.6 cm³/mol. The number of halogens is 3. The fraction of sp³-hybridized carbons (Fsp3) is 0.455. The maximum atomic E-state index is 12.0. The standard InChI is InChI=1S/C11H15F3N2O/c12-11(13,14)17-10-2-1-8(3-5-15)9(7-10)4-6-16/h1-2,7H,3-6,15-16H2. The van der Waals surface area contributed by atoms with Crippen molar-refractivity contribution < 1.29 is 17.9 Å². The molecule has 1 rings (SSSR count). The van der Waals surface area contributed by atoms with Crippen molar-refractivity contribution in [2.75, 3.05) is 13.1 Å². The lowest BCUT2D eigenvalue weighted by Gasteiger charge is -2.13. The van der Waals surface area contributed by atoms with Crippen LogP contribution in [0.3, 0.4) is 0 Å². The van der Waals surface area contributed by atoms with E-state index in [1.54, 1.807) is 6.07 Å². The fourth-order valence-electron chi connectivity index (χ4n) is 1.59. The molecular formula is C11H15F3N2O. The van der Waals surface area contributed by atoms with Crippen LogP contribution in [0.1, 0.15) is 11.1 Å². The summed E-state index contributed by atoms with van der Waals surface area (Å²) in [7, 11) is 0. The van der Waals surface area contributed by atoms with Gasteiger partial charge in [-0.15, -0.1) is 13.2 Å². The Bertz CT molecular complexity index is 366. The Morgan fingerprint density at radius 2 is 1.59 bits per heavy atom. The molecule has 6 heteroatoms. The zero-order chi connectivity index (χ0) is 12.9. The Hall–Kier alpha value is -1.27. The summed E-state index contributed by atoms with van der Waals surface area (Å²) in [5.74, 6) is -0.221. The molecule has 0 radical (unpaired) electrons. The van der Waals surface area contributed by atoms with E-state index in [1.807, 2.05) is 0 Å². The van der Waals surface area contributed by atoms with E-state index in [0.29, 0.717) is 25.9 Å². The van der Waals surface area contributed by atoms with E-state index >= 15 is 0 Å². The van der Waals surface area contributed by atoms with Crippen molar-refractivity contribution in [1.29, 1.82) is 0 Å². The van der Waals surface area contributed by atoms with Gasteiger partial charge in [0.1, 0.15) is 5.75 Å². The van der Waals surface area contributed by atoms with Gasteiger partial charge in [-0.2, -0.15) is 0 Å². The van der Waals surface area contributed by atoms with Crippen LogP contribution in [0.5, 0.6) is 5.75 Å². The Labute approximate surface area is 97.5 Å². The summed E-state index contributed by atoms with van der Waals surface area (Å²) < 4.78 is 40.0. The van der Waals surface area contributed by atoms with Gasteiger partial charge in [0.05, 0.1) is 0 Å². The molecule has 96 valence electrons. The second-order valence-corrected chi connectivity index (χ2v) is 3.56. The van der Waals surface area contributed by atoms with Crippen LogP contribution in [-0.2, 0) is 12.8 Å². The molecule has 0 amide bonds. The second kappa shape index (κ2) is 5.88. The third-order valence-corrected chi connectivity index (χ3v) is 2.24. The molecule has 0 bridgehead atoms. The quantitative estimate of drug-likeness (QED) is 0.831. The Morgan fingerprint density at radius 3 is 2.12 bits per heavy atom. The summed E-state index contributed by atoms with van der Waals surface area (Å²) in [5, 5.41) is 0. The van der Waals surface area contributed by atoms with E-state index in [9.17, 15) is 13.2 Å². The van der Waals surface area contributed by atoms with Gasteiger partial charge in [-0.3, -0.25) is 0 Å². The zero-order valence-corrected chi connectivity index (χ0v) is 9.26. The summed E-state index contributed by atoms with van der Waals surface area (Å²) >= 11 is 0. The molecule has 1 aromatic carbocycles. The van der Waals surface area contributed by atoms with E-state index in [0.717, 1.165) is 11.1 Å². The first-order valence-electron chi connectivity index (χ1n) is 5.24. The highest BCUT2D eigenvalue weighted by Gasteiger charge is 2.31. The first kappa shape index (κ1) is 13.8. The van der Waals surface area contributed by atoms with Gasteiger partial charge < -0.3 is 16.2 Å². The minimum Gasteiger partial charge on any atom is -0.406 e. The van der Waals surface area contributed by atoms with Crippen molar-refractivity contribution in [3.63, 3.8) is 0 Å². The molecule has 1 aromatic rings. The van der Waals surface area contributed by atoms with Gasteiger partial charge in [-0.25, -0.2) is 0 Å². The van der Waals surface area contributed by atoms with Crippen molar-refractivity contribution >= 4 is 0 Å². The number of alkyl halides is 3. The van der Waals surface area contributed by atoms with Crippen LogP contribution in [-0.4, -0.2) is 19.5 Å². The fourth-order valence-corrected chi connectivity index (χ4v) is 1.59. The van der Waals surface area contributed by atoms with Gasteiger partial charge in [0.25, 0.3) is 0 Å². The average Bonchev–Trinajstić information content (AvgIpc) is 2.20. The smallest absolute Gasteiger partial charge is 0.406 e. The van der Waals surface area contributed by atoms with Gasteiger partial charge in [0, 0.05) is 0 Å². The second-order valence-electron chi connectivity index (χ2n) is 3.56. The Morgan fingerprint density at radius 1 is 1.00 bits per heavy atom. The molecule has 0 atom stereocenters. The van der Waals surface area contributed by atoms with Crippen LogP contribution in [0.15, 0.2) is 18.2 Å². The zero-order valence-electron chi connectivity index (χ0n) is 9.26. The molecule has 4 N–H and O–H groups in total. The summed E-state index contributed by atoms with van der Waals surface area (Å²) in [6.07, 6.45) is -3.55. The van der Waals surface area contributed by atoms with E-state index in [1.165, 1.54) is 12.1 Å². The van der Waals surface area contributed by atoms with Crippen LogP contribution < -0.4 is 16.2 Å². The number of benzene rings is 1. The maximum absolute atomic E-state index is 12.0. The highest BCUT2D eigenvalue weighted by atomic mass is 19.4. The molecule has 0 spiro atoms. The van der Waals surface area contributed by atoms with Gasteiger partial charge in [0.2, 0.25) is 0 Å². The SMILES string of the molecule is NCCc1ccc(OC(F)(F)F)cc1CCN. The summed E-state index contributed by atoms with van der Waals surface area (Å²) in [6, 6.07) is 4.25. The van der Waals surface area contributed by atoms with E-state index < -0.39 is 6.36 Å². The third kappa shape index (κ3) is 4.62. The molecule has 0 saturated carbocycles. The minimum atomic E-state index is -4.67. The lowest BCUT2D eigenvalue weighted by Crippen LogP contribution is -2.17. The molecule has 0 aromatic heterocycles. The van der Waals surface area contributed by atoms with Crippen molar-refractivity contribution in [1.82, 2.24) is 0 Å². The first-order valence-corrected chi connectivity index (χ1v) is 5.24. The van der Waals surface area contributed by atoms with Gasteiger partial charge in [-0.1, -0.05) is 6.07 Å². The molecular weight excluding hydrogens is 233 g/mol. The Kier molecular flexibility index (Phi) is 4.77. The lowest BCUT2D eigenvalue weighted by atomic mass is 10.0. The van der Waals surface area contributed by atoms with Crippen molar-refractivity contribution in [2.24, 2.45) is 11.5 Å². The van der Waals surface area contributed by atoms with Crippen molar-refractivity contribution in [3.8, 4) is 5.75 Å². The molecule has 0 aliphatic rings. The number of nitrogens with two attached hydrogens (primary N) is 2. The molecule has 17 heavy (non-hydrogen) atoms. The van der Waals surface area contributed by atoms with Crippen LogP contribution in [0.2, 0.25) is 0 Å². The van der Waals surface area contributed by atoms with E-state index in [2.05, 4.69) is 4.74 Å². The predicted octanol–water partition coefficient (Wildman–Crippen LogP) is 1.59. The number of ether oxygens (including phenoxy) is 1. The van der Waals surface area contributed by atoms with Crippen LogP contribution >= 0.6 is 0 Å². The van der Waals surface area contributed by atoms with Crippen molar-refractivity contribution in [3.05, 3.63) is 29.3 Å². The summed E-state index contributed by atoms with van der Waals surface area (Å²) in [4.78, 5) is 0. The molecule has 0 unspecified atom stereocenters. The monoisotopic (exact) mass is 248 g/mol. The molecule has 0 aliphatic carbocycles. The molecule has 3 nitrogen and oxygen atoms in total. The third-order valence-electron chi connectivity index (χ3n) is 2.24.